The molecular weight excluding hydrogens is 392 g/mol. The number of hydrogen-bond donors (Lipinski definition) is 2. The molecule has 0 radical (unpaired) electrons. The highest BCUT2D eigenvalue weighted by molar-refractivity contribution is 6.12. The van der Waals surface area contributed by atoms with Crippen molar-refractivity contribution < 1.29 is 19.4 Å². The quantitative estimate of drug-likeness (QED) is 0.643. The van der Waals surface area contributed by atoms with Gasteiger partial charge < -0.3 is 15.2 Å². The van der Waals surface area contributed by atoms with Crippen LogP contribution in [0.5, 0.6) is 5.75 Å². The van der Waals surface area contributed by atoms with E-state index in [1.807, 2.05) is 26.0 Å². The molecule has 1 aliphatic rings. The number of aryl methyl sites for hydroxylation is 1. The zero-order valence-electron chi connectivity index (χ0n) is 17.5. The Labute approximate surface area is 181 Å². The minimum absolute atomic E-state index is 0.232. The van der Waals surface area contributed by atoms with Crippen molar-refractivity contribution in [1.82, 2.24) is 0 Å². The third-order valence-corrected chi connectivity index (χ3v) is 5.34. The Kier molecular flexibility index (Phi) is 5.48. The summed E-state index contributed by atoms with van der Waals surface area (Å²) in [6.07, 6.45) is 0. The summed E-state index contributed by atoms with van der Waals surface area (Å²) in [5.74, 6) is -0.376. The van der Waals surface area contributed by atoms with Gasteiger partial charge in [-0.05, 0) is 37.6 Å². The monoisotopic (exact) mass is 416 g/mol. The van der Waals surface area contributed by atoms with E-state index in [9.17, 15) is 14.7 Å². The molecule has 4 rings (SSSR count). The smallest absolute Gasteiger partial charge is 0.268 e. The molecule has 0 aromatic heterocycles. The molecule has 2 N–H and O–H groups in total. The van der Waals surface area contributed by atoms with Gasteiger partial charge in [-0.3, -0.25) is 14.5 Å². The number of anilines is 2. The number of rotatable bonds is 6. The lowest BCUT2D eigenvalue weighted by molar-refractivity contribution is -0.133. The van der Waals surface area contributed by atoms with Crippen LogP contribution in [0.1, 0.15) is 23.6 Å². The van der Waals surface area contributed by atoms with Gasteiger partial charge in [0.05, 0.1) is 18.0 Å². The van der Waals surface area contributed by atoms with Gasteiger partial charge >= 0.3 is 0 Å². The second-order valence-electron chi connectivity index (χ2n) is 7.47. The summed E-state index contributed by atoms with van der Waals surface area (Å²) < 4.78 is 5.55. The lowest BCUT2D eigenvalue weighted by Crippen LogP contribution is -2.44. The van der Waals surface area contributed by atoms with Gasteiger partial charge in [0.2, 0.25) is 5.91 Å². The summed E-state index contributed by atoms with van der Waals surface area (Å²) in [6, 6.07) is 21.4. The van der Waals surface area contributed by atoms with E-state index < -0.39 is 11.5 Å². The summed E-state index contributed by atoms with van der Waals surface area (Å²) in [7, 11) is 0. The van der Waals surface area contributed by atoms with Crippen molar-refractivity contribution in [3.05, 3.63) is 89.5 Å². The van der Waals surface area contributed by atoms with Gasteiger partial charge in [0.25, 0.3) is 5.91 Å². The normalized spacial score (nSPS) is 17.4. The number of benzene rings is 3. The topological polar surface area (TPSA) is 78.9 Å². The molecule has 2 amide bonds. The Morgan fingerprint density at radius 2 is 1.81 bits per heavy atom. The number of ether oxygens (including phenoxy) is 1. The average Bonchev–Trinajstić information content (AvgIpc) is 2.98. The first-order valence-electron chi connectivity index (χ1n) is 10.2. The average molecular weight is 416 g/mol. The van der Waals surface area contributed by atoms with Gasteiger partial charge in [-0.15, -0.1) is 0 Å². The van der Waals surface area contributed by atoms with Crippen molar-refractivity contribution in [2.45, 2.75) is 19.4 Å². The van der Waals surface area contributed by atoms with Crippen LogP contribution in [0.3, 0.4) is 0 Å². The Hall–Kier alpha value is -3.64. The maximum absolute atomic E-state index is 13.4. The van der Waals surface area contributed by atoms with E-state index in [2.05, 4.69) is 5.32 Å². The van der Waals surface area contributed by atoms with Gasteiger partial charge in [0.1, 0.15) is 12.3 Å². The maximum atomic E-state index is 13.4. The van der Waals surface area contributed by atoms with Crippen LogP contribution < -0.4 is 15.0 Å². The number of amides is 2. The largest absolute Gasteiger partial charge is 0.492 e. The van der Waals surface area contributed by atoms with E-state index >= 15 is 0 Å². The number of para-hydroxylation sites is 3. The standard InChI is InChI=1S/C25H24N2O4/c1-3-31-22-14-7-5-12-20(22)26-23(28)16-27-21-13-6-4-11-19(21)25(30,24(27)29)18-10-8-9-17(2)15-18/h4-15,30H,3,16H2,1-2H3,(H,26,28). The molecule has 0 bridgehead atoms. The molecule has 1 heterocycles. The molecular formula is C25H24N2O4. The number of aliphatic hydroxyl groups is 1. The van der Waals surface area contributed by atoms with Gasteiger partial charge in [-0.25, -0.2) is 0 Å². The Morgan fingerprint density at radius 3 is 2.58 bits per heavy atom. The Morgan fingerprint density at radius 1 is 1.06 bits per heavy atom. The molecule has 0 saturated carbocycles. The maximum Gasteiger partial charge on any atom is 0.268 e. The first-order valence-corrected chi connectivity index (χ1v) is 10.2. The molecule has 0 aliphatic carbocycles. The molecule has 0 saturated heterocycles. The van der Waals surface area contributed by atoms with E-state index in [-0.39, 0.29) is 12.5 Å². The predicted octanol–water partition coefficient (Wildman–Crippen LogP) is 3.61. The third kappa shape index (κ3) is 3.66. The summed E-state index contributed by atoms with van der Waals surface area (Å²) in [5.41, 5.74) is 1.09. The minimum atomic E-state index is -1.84. The van der Waals surface area contributed by atoms with Crippen molar-refractivity contribution in [2.24, 2.45) is 0 Å². The zero-order valence-corrected chi connectivity index (χ0v) is 17.5. The molecule has 0 spiro atoms. The highest BCUT2D eigenvalue weighted by Crippen LogP contribution is 2.44. The van der Waals surface area contributed by atoms with E-state index in [4.69, 9.17) is 4.74 Å². The molecule has 3 aromatic rings. The molecule has 1 unspecified atom stereocenters. The van der Waals surface area contributed by atoms with Crippen LogP contribution >= 0.6 is 0 Å². The van der Waals surface area contributed by atoms with Gasteiger partial charge in [0.15, 0.2) is 5.60 Å². The van der Waals surface area contributed by atoms with Crippen molar-refractivity contribution in [3.8, 4) is 5.75 Å². The van der Waals surface area contributed by atoms with Gasteiger partial charge in [0, 0.05) is 5.56 Å². The number of fused-ring (bicyclic) bond motifs is 1. The molecule has 6 nitrogen and oxygen atoms in total. The Balaban J connectivity index is 1.64. The SMILES string of the molecule is CCOc1ccccc1NC(=O)CN1C(=O)C(O)(c2cccc(C)c2)c2ccccc21. The van der Waals surface area contributed by atoms with E-state index in [0.29, 0.717) is 34.9 Å². The number of nitrogens with zero attached hydrogens (tertiary/aromatic N) is 1. The van der Waals surface area contributed by atoms with Crippen LogP contribution in [0.4, 0.5) is 11.4 Å². The Bertz CT molecular complexity index is 1140. The van der Waals surface area contributed by atoms with Crippen LogP contribution in [-0.4, -0.2) is 30.1 Å². The van der Waals surface area contributed by atoms with Crippen molar-refractivity contribution >= 4 is 23.2 Å². The lowest BCUT2D eigenvalue weighted by Gasteiger charge is -2.24. The molecule has 1 aliphatic heterocycles. The second kappa shape index (κ2) is 8.24. The van der Waals surface area contributed by atoms with Crippen LogP contribution in [0, 0.1) is 6.92 Å². The highest BCUT2D eigenvalue weighted by Gasteiger charge is 2.51. The summed E-state index contributed by atoms with van der Waals surface area (Å²) >= 11 is 0. The third-order valence-electron chi connectivity index (χ3n) is 5.34. The zero-order chi connectivity index (χ0) is 22.0. The summed E-state index contributed by atoms with van der Waals surface area (Å²) in [5, 5.41) is 14.4. The molecule has 0 fully saturated rings. The van der Waals surface area contributed by atoms with Gasteiger partial charge in [-0.1, -0.05) is 60.2 Å². The first-order chi connectivity index (χ1) is 14.9. The molecule has 6 heteroatoms. The van der Waals surface area contributed by atoms with Crippen LogP contribution in [0.15, 0.2) is 72.8 Å². The van der Waals surface area contributed by atoms with Crippen molar-refractivity contribution in [2.75, 3.05) is 23.4 Å². The minimum Gasteiger partial charge on any atom is -0.492 e. The van der Waals surface area contributed by atoms with Crippen LogP contribution in [0.25, 0.3) is 0 Å². The fourth-order valence-corrected chi connectivity index (χ4v) is 3.93. The predicted molar refractivity (Wildman–Crippen MR) is 119 cm³/mol. The highest BCUT2D eigenvalue weighted by atomic mass is 16.5. The van der Waals surface area contributed by atoms with Crippen molar-refractivity contribution in [3.63, 3.8) is 0 Å². The summed E-state index contributed by atoms with van der Waals surface area (Å²) in [4.78, 5) is 27.6. The van der Waals surface area contributed by atoms with Crippen LogP contribution in [0.2, 0.25) is 0 Å². The van der Waals surface area contributed by atoms with E-state index in [0.717, 1.165) is 5.56 Å². The number of nitrogens with one attached hydrogen (secondary N) is 1. The second-order valence-corrected chi connectivity index (χ2v) is 7.47. The van der Waals surface area contributed by atoms with Crippen molar-refractivity contribution in [1.29, 1.82) is 0 Å². The molecule has 3 aromatic carbocycles. The molecule has 158 valence electrons. The lowest BCUT2D eigenvalue weighted by atomic mass is 9.87. The first kappa shape index (κ1) is 20.6. The van der Waals surface area contributed by atoms with E-state index in [1.54, 1.807) is 60.7 Å². The number of carbonyl (C=O) groups is 2. The summed E-state index contributed by atoms with van der Waals surface area (Å²) in [6.45, 7) is 4.00. The molecule has 31 heavy (non-hydrogen) atoms. The van der Waals surface area contributed by atoms with Crippen LogP contribution in [-0.2, 0) is 15.2 Å². The van der Waals surface area contributed by atoms with Gasteiger partial charge in [-0.2, -0.15) is 0 Å². The fraction of sp³-hybridized carbons (Fsp3) is 0.200. The van der Waals surface area contributed by atoms with E-state index in [1.165, 1.54) is 4.90 Å². The fourth-order valence-electron chi connectivity index (χ4n) is 3.93. The number of carbonyl (C=O) groups excluding carboxylic acids is 2. The molecule has 1 atom stereocenters. The number of hydrogen-bond acceptors (Lipinski definition) is 4.